The van der Waals surface area contributed by atoms with Gasteiger partial charge in [-0.15, -0.1) is 10.2 Å². The summed E-state index contributed by atoms with van der Waals surface area (Å²) in [5.74, 6) is 0.911. The number of hydrogen-bond acceptors (Lipinski definition) is 6. The summed E-state index contributed by atoms with van der Waals surface area (Å²) in [6, 6.07) is 2.93. The molecule has 0 saturated carbocycles. The lowest BCUT2D eigenvalue weighted by Gasteiger charge is -1.99. The maximum atomic E-state index is 10.9. The second kappa shape index (κ2) is 6.79. The summed E-state index contributed by atoms with van der Waals surface area (Å²) >= 11 is 0. The van der Waals surface area contributed by atoms with Crippen molar-refractivity contribution in [2.24, 2.45) is 0 Å². The van der Waals surface area contributed by atoms with E-state index in [2.05, 4.69) is 32.6 Å². The van der Waals surface area contributed by atoms with Crippen LogP contribution in [0.25, 0.3) is 11.6 Å². The Hall–Kier alpha value is -2.02. The molecule has 0 atom stereocenters. The predicted molar refractivity (Wildman–Crippen MR) is 69.6 cm³/mol. The maximum absolute atomic E-state index is 10.9. The van der Waals surface area contributed by atoms with Crippen LogP contribution in [0.3, 0.4) is 0 Å². The van der Waals surface area contributed by atoms with Crippen molar-refractivity contribution in [3.8, 4) is 11.6 Å². The molecule has 2 heterocycles. The zero-order valence-electron chi connectivity index (χ0n) is 10.8. The first kappa shape index (κ1) is 13.4. The monoisotopic (exact) mass is 263 g/mol. The molecule has 0 aromatic carbocycles. The molecule has 7 nitrogen and oxygen atoms in total. The molecule has 7 heteroatoms. The van der Waals surface area contributed by atoms with Crippen LogP contribution in [0.2, 0.25) is 0 Å². The van der Waals surface area contributed by atoms with E-state index in [-0.39, 0.29) is 5.56 Å². The Kier molecular flexibility index (Phi) is 4.79. The van der Waals surface area contributed by atoms with E-state index in [1.165, 1.54) is 6.07 Å². The van der Waals surface area contributed by atoms with Gasteiger partial charge in [0.25, 0.3) is 11.4 Å². The van der Waals surface area contributed by atoms with Crippen LogP contribution in [0.4, 0.5) is 0 Å². The molecule has 2 aromatic heterocycles. The van der Waals surface area contributed by atoms with E-state index in [1.54, 1.807) is 6.07 Å². The Balaban J connectivity index is 1.88. The molecule has 19 heavy (non-hydrogen) atoms. The van der Waals surface area contributed by atoms with Crippen molar-refractivity contribution in [1.82, 2.24) is 25.7 Å². The quantitative estimate of drug-likeness (QED) is 0.716. The standard InChI is InChI=1S/C12H17N5O2/c1-2-7-13-8-3-4-11-16-17-12(19-11)9-5-6-10(18)15-14-9/h5-6,13H,2-4,7-8H2,1H3,(H,15,18). The topological polar surface area (TPSA) is 96.7 Å². The average Bonchev–Trinajstić information content (AvgIpc) is 2.88. The first-order chi connectivity index (χ1) is 9.29. The Labute approximate surface area is 110 Å². The molecule has 0 saturated heterocycles. The number of H-pyrrole nitrogens is 1. The van der Waals surface area contributed by atoms with Gasteiger partial charge in [-0.2, -0.15) is 5.10 Å². The Morgan fingerprint density at radius 3 is 2.95 bits per heavy atom. The third-order valence-corrected chi connectivity index (χ3v) is 2.54. The highest BCUT2D eigenvalue weighted by Gasteiger charge is 2.09. The summed E-state index contributed by atoms with van der Waals surface area (Å²) in [5, 5.41) is 17.3. The lowest BCUT2D eigenvalue weighted by molar-refractivity contribution is 0.489. The third kappa shape index (κ3) is 3.99. The predicted octanol–water partition coefficient (Wildman–Crippen LogP) is 0.752. The van der Waals surface area contributed by atoms with E-state index in [4.69, 9.17) is 4.42 Å². The van der Waals surface area contributed by atoms with E-state index in [1.807, 2.05) is 0 Å². The minimum Gasteiger partial charge on any atom is -0.419 e. The van der Waals surface area contributed by atoms with Crippen molar-refractivity contribution < 1.29 is 4.42 Å². The van der Waals surface area contributed by atoms with Gasteiger partial charge in [-0.25, -0.2) is 5.10 Å². The molecule has 2 rings (SSSR count). The second-order valence-electron chi connectivity index (χ2n) is 4.16. The zero-order chi connectivity index (χ0) is 13.5. The van der Waals surface area contributed by atoms with Crippen molar-refractivity contribution in [3.05, 3.63) is 28.4 Å². The summed E-state index contributed by atoms with van der Waals surface area (Å²) in [6.45, 7) is 4.09. The Morgan fingerprint density at radius 2 is 2.21 bits per heavy atom. The summed E-state index contributed by atoms with van der Waals surface area (Å²) in [7, 11) is 0. The van der Waals surface area contributed by atoms with Crippen LogP contribution >= 0.6 is 0 Å². The van der Waals surface area contributed by atoms with Gasteiger partial charge in [0.1, 0.15) is 5.69 Å². The molecule has 2 N–H and O–H groups in total. The third-order valence-electron chi connectivity index (χ3n) is 2.54. The minimum atomic E-state index is -0.259. The molecular formula is C12H17N5O2. The van der Waals surface area contributed by atoms with E-state index in [9.17, 15) is 4.79 Å². The molecule has 0 amide bonds. The molecule has 2 aromatic rings. The average molecular weight is 263 g/mol. The number of nitrogens with one attached hydrogen (secondary N) is 2. The summed E-state index contributed by atoms with van der Waals surface area (Å²) in [5.41, 5.74) is 0.216. The van der Waals surface area contributed by atoms with Gasteiger partial charge in [0.05, 0.1) is 0 Å². The number of aryl methyl sites for hydroxylation is 1. The maximum Gasteiger partial charge on any atom is 0.268 e. The van der Waals surface area contributed by atoms with Crippen LogP contribution in [0, 0.1) is 0 Å². The minimum absolute atomic E-state index is 0.259. The first-order valence-corrected chi connectivity index (χ1v) is 6.39. The van der Waals surface area contributed by atoms with Gasteiger partial charge in [0.2, 0.25) is 5.89 Å². The highest BCUT2D eigenvalue weighted by atomic mass is 16.4. The van der Waals surface area contributed by atoms with Gasteiger partial charge in [0.15, 0.2) is 0 Å². The first-order valence-electron chi connectivity index (χ1n) is 6.39. The lowest BCUT2D eigenvalue weighted by atomic mass is 10.3. The number of rotatable bonds is 7. The van der Waals surface area contributed by atoms with Crippen LogP contribution in [-0.4, -0.2) is 33.5 Å². The number of nitrogens with zero attached hydrogens (tertiary/aromatic N) is 3. The normalized spacial score (nSPS) is 10.8. The summed E-state index contributed by atoms with van der Waals surface area (Å²) in [6.07, 6.45) is 2.80. The molecule has 0 spiro atoms. The molecule has 0 fully saturated rings. The summed E-state index contributed by atoms with van der Waals surface area (Å²) in [4.78, 5) is 10.9. The lowest BCUT2D eigenvalue weighted by Crippen LogP contribution is -2.16. The molecule has 0 aliphatic carbocycles. The van der Waals surface area contributed by atoms with Crippen LogP contribution < -0.4 is 10.9 Å². The van der Waals surface area contributed by atoms with Crippen LogP contribution in [0.5, 0.6) is 0 Å². The molecule has 0 bridgehead atoms. The van der Waals surface area contributed by atoms with E-state index < -0.39 is 0 Å². The fourth-order valence-corrected chi connectivity index (χ4v) is 1.59. The Bertz CT molecular complexity index is 543. The van der Waals surface area contributed by atoms with Crippen molar-refractivity contribution in [2.45, 2.75) is 26.2 Å². The number of hydrogen-bond donors (Lipinski definition) is 2. The van der Waals surface area contributed by atoms with Crippen LogP contribution in [-0.2, 0) is 6.42 Å². The van der Waals surface area contributed by atoms with E-state index in [0.717, 1.165) is 32.4 Å². The SMILES string of the molecule is CCCNCCCc1nnc(-c2ccc(=O)[nH]n2)o1. The van der Waals surface area contributed by atoms with E-state index >= 15 is 0 Å². The zero-order valence-corrected chi connectivity index (χ0v) is 10.8. The smallest absolute Gasteiger partial charge is 0.268 e. The molecule has 0 aliphatic rings. The Morgan fingerprint density at radius 1 is 1.32 bits per heavy atom. The van der Waals surface area contributed by atoms with Crippen molar-refractivity contribution in [3.63, 3.8) is 0 Å². The van der Waals surface area contributed by atoms with Gasteiger partial charge in [-0.1, -0.05) is 6.92 Å². The second-order valence-corrected chi connectivity index (χ2v) is 4.16. The highest BCUT2D eigenvalue weighted by molar-refractivity contribution is 5.43. The molecular weight excluding hydrogens is 246 g/mol. The largest absolute Gasteiger partial charge is 0.419 e. The molecule has 102 valence electrons. The van der Waals surface area contributed by atoms with Crippen molar-refractivity contribution >= 4 is 0 Å². The van der Waals surface area contributed by atoms with Crippen LogP contribution in [0.1, 0.15) is 25.7 Å². The van der Waals surface area contributed by atoms with Gasteiger partial charge in [-0.05, 0) is 32.0 Å². The van der Waals surface area contributed by atoms with Gasteiger partial charge < -0.3 is 9.73 Å². The van der Waals surface area contributed by atoms with E-state index in [0.29, 0.717) is 17.5 Å². The molecule has 0 radical (unpaired) electrons. The van der Waals surface area contributed by atoms with Gasteiger partial charge in [-0.3, -0.25) is 4.79 Å². The molecule has 0 unspecified atom stereocenters. The number of aromatic nitrogens is 4. The van der Waals surface area contributed by atoms with Crippen molar-refractivity contribution in [2.75, 3.05) is 13.1 Å². The van der Waals surface area contributed by atoms with Gasteiger partial charge >= 0.3 is 0 Å². The summed E-state index contributed by atoms with van der Waals surface area (Å²) < 4.78 is 5.48. The van der Waals surface area contributed by atoms with Gasteiger partial charge in [0, 0.05) is 12.5 Å². The molecule has 0 aliphatic heterocycles. The fourth-order valence-electron chi connectivity index (χ4n) is 1.59. The number of aromatic amines is 1. The fraction of sp³-hybridized carbons (Fsp3) is 0.500. The van der Waals surface area contributed by atoms with Crippen LogP contribution in [0.15, 0.2) is 21.3 Å². The highest BCUT2D eigenvalue weighted by Crippen LogP contribution is 2.13. The van der Waals surface area contributed by atoms with Crippen molar-refractivity contribution in [1.29, 1.82) is 0 Å².